The summed E-state index contributed by atoms with van der Waals surface area (Å²) in [6.07, 6.45) is 3.55. The molecule has 0 amide bonds. The molecule has 0 saturated carbocycles. The lowest BCUT2D eigenvalue weighted by Gasteiger charge is -2.10. The molecule has 0 bridgehead atoms. The van der Waals surface area contributed by atoms with Crippen LogP contribution in [-0.4, -0.2) is 32.7 Å². The lowest BCUT2D eigenvalue weighted by Crippen LogP contribution is -2.14. The van der Waals surface area contributed by atoms with Crippen molar-refractivity contribution in [3.63, 3.8) is 0 Å². The minimum absolute atomic E-state index is 0.116. The van der Waals surface area contributed by atoms with E-state index in [1.807, 2.05) is 11.6 Å². The molecule has 2 rings (SSSR count). The molecule has 2 heterocycles. The first-order valence-electron chi connectivity index (χ1n) is 6.76. The molecule has 21 heavy (non-hydrogen) atoms. The number of aryl methyl sites for hydroxylation is 1. The normalized spacial score (nSPS) is 12.2. The highest BCUT2D eigenvalue weighted by Gasteiger charge is 2.17. The van der Waals surface area contributed by atoms with Gasteiger partial charge in [-0.1, -0.05) is 20.8 Å². The molecule has 116 valence electrons. The number of nitrogens with two attached hydrogens (primary N) is 1. The highest BCUT2D eigenvalue weighted by Crippen LogP contribution is 2.11. The second-order valence-corrected chi connectivity index (χ2v) is 6.78. The molecule has 0 aromatic carbocycles. The number of nitrogens with zero attached hydrogens (tertiary/aromatic N) is 5. The predicted octanol–water partition coefficient (Wildman–Crippen LogP) is 0.389. The maximum atomic E-state index is 11.4. The summed E-state index contributed by atoms with van der Waals surface area (Å²) in [7, 11) is -3.80. The average molecular weight is 312 g/mol. The molecule has 0 unspecified atom stereocenters. The van der Waals surface area contributed by atoms with Crippen LogP contribution in [0.3, 0.4) is 0 Å². The summed E-state index contributed by atoms with van der Waals surface area (Å²) in [5.74, 6) is 1.86. The second kappa shape index (κ2) is 5.94. The molecule has 0 aliphatic carbocycles. The Morgan fingerprint density at radius 2 is 2.05 bits per heavy atom. The van der Waals surface area contributed by atoms with Crippen LogP contribution in [0.1, 0.15) is 32.4 Å². The zero-order chi connectivity index (χ0) is 15.6. The van der Waals surface area contributed by atoms with Crippen molar-refractivity contribution in [3.8, 4) is 0 Å². The maximum Gasteiger partial charge on any atom is 0.257 e. The highest BCUT2D eigenvalue weighted by molar-refractivity contribution is 7.89. The van der Waals surface area contributed by atoms with Gasteiger partial charge >= 0.3 is 0 Å². The fourth-order valence-electron chi connectivity index (χ4n) is 2.05. The van der Waals surface area contributed by atoms with Crippen LogP contribution in [0, 0.1) is 5.92 Å². The van der Waals surface area contributed by atoms with Crippen molar-refractivity contribution in [2.24, 2.45) is 11.1 Å². The average Bonchev–Trinajstić information content (AvgIpc) is 2.96. The summed E-state index contributed by atoms with van der Waals surface area (Å²) in [6, 6.07) is 0. The Labute approximate surface area is 124 Å². The van der Waals surface area contributed by atoms with E-state index in [0.29, 0.717) is 24.7 Å². The highest BCUT2D eigenvalue weighted by atomic mass is 32.2. The van der Waals surface area contributed by atoms with E-state index in [9.17, 15) is 8.42 Å². The van der Waals surface area contributed by atoms with Crippen LogP contribution in [0.2, 0.25) is 0 Å². The third-order valence-corrected chi connectivity index (χ3v) is 3.77. The Kier molecular flexibility index (Phi) is 4.43. The van der Waals surface area contributed by atoms with Gasteiger partial charge in [0.25, 0.3) is 10.0 Å². The van der Waals surface area contributed by atoms with E-state index in [-0.39, 0.29) is 5.03 Å². The molecule has 2 N–H and O–H groups in total. The van der Waals surface area contributed by atoms with Gasteiger partial charge < -0.3 is 4.57 Å². The van der Waals surface area contributed by atoms with E-state index >= 15 is 0 Å². The zero-order valence-corrected chi connectivity index (χ0v) is 13.2. The van der Waals surface area contributed by atoms with Gasteiger partial charge in [0, 0.05) is 19.2 Å². The summed E-state index contributed by atoms with van der Waals surface area (Å²) in [4.78, 5) is 8.30. The standard InChI is InChI=1S/C12H20N6O2S/c1-4-10-16-12(21(13,19)20)7-17(10)6-11-14-8-15-18(11)5-9(2)3/h7-9H,4-6H2,1-3H3,(H2,13,19,20). The smallest absolute Gasteiger partial charge is 0.257 e. The summed E-state index contributed by atoms with van der Waals surface area (Å²) in [6.45, 7) is 7.27. The minimum atomic E-state index is -3.80. The van der Waals surface area contributed by atoms with Crippen LogP contribution in [0.4, 0.5) is 0 Å². The lowest BCUT2D eigenvalue weighted by atomic mass is 10.2. The largest absolute Gasteiger partial charge is 0.326 e. The van der Waals surface area contributed by atoms with Gasteiger partial charge in [-0.25, -0.2) is 28.2 Å². The van der Waals surface area contributed by atoms with Crippen LogP contribution in [0.15, 0.2) is 17.6 Å². The third kappa shape index (κ3) is 3.67. The number of hydrogen-bond acceptors (Lipinski definition) is 5. The molecular weight excluding hydrogens is 292 g/mol. The van der Waals surface area contributed by atoms with Gasteiger partial charge in [-0.3, -0.25) is 0 Å². The van der Waals surface area contributed by atoms with Crippen molar-refractivity contribution in [1.82, 2.24) is 24.3 Å². The number of imidazole rings is 1. The molecule has 2 aromatic rings. The molecule has 0 atom stereocenters. The minimum Gasteiger partial charge on any atom is -0.326 e. The fraction of sp³-hybridized carbons (Fsp3) is 0.583. The molecular formula is C12H20N6O2S. The van der Waals surface area contributed by atoms with E-state index < -0.39 is 10.0 Å². The lowest BCUT2D eigenvalue weighted by molar-refractivity contribution is 0.459. The Hall–Kier alpha value is -1.74. The number of rotatable bonds is 6. The Balaban J connectivity index is 2.31. The Morgan fingerprint density at radius 1 is 1.33 bits per heavy atom. The van der Waals surface area contributed by atoms with Crippen molar-refractivity contribution < 1.29 is 8.42 Å². The van der Waals surface area contributed by atoms with E-state index in [0.717, 1.165) is 12.4 Å². The van der Waals surface area contributed by atoms with Crippen LogP contribution < -0.4 is 5.14 Å². The molecule has 2 aromatic heterocycles. The van der Waals surface area contributed by atoms with Gasteiger partial charge in [-0.05, 0) is 5.92 Å². The molecule has 0 fully saturated rings. The molecule has 0 saturated heterocycles. The first-order valence-corrected chi connectivity index (χ1v) is 8.31. The van der Waals surface area contributed by atoms with E-state index in [2.05, 4.69) is 28.9 Å². The second-order valence-electron chi connectivity index (χ2n) is 5.27. The van der Waals surface area contributed by atoms with Crippen LogP contribution in [0.25, 0.3) is 0 Å². The first kappa shape index (κ1) is 15.6. The number of hydrogen-bond donors (Lipinski definition) is 1. The molecule has 8 nitrogen and oxygen atoms in total. The van der Waals surface area contributed by atoms with Crippen molar-refractivity contribution in [1.29, 1.82) is 0 Å². The summed E-state index contributed by atoms with van der Waals surface area (Å²) < 4.78 is 26.4. The van der Waals surface area contributed by atoms with Gasteiger partial charge in [-0.15, -0.1) is 0 Å². The topological polar surface area (TPSA) is 109 Å². The van der Waals surface area contributed by atoms with Gasteiger partial charge in [0.05, 0.1) is 6.54 Å². The van der Waals surface area contributed by atoms with Crippen molar-refractivity contribution in [3.05, 3.63) is 24.2 Å². The van der Waals surface area contributed by atoms with E-state index in [1.165, 1.54) is 12.5 Å². The number of sulfonamides is 1. The van der Waals surface area contributed by atoms with Gasteiger partial charge in [0.15, 0.2) is 5.03 Å². The van der Waals surface area contributed by atoms with Crippen LogP contribution in [-0.2, 0) is 29.5 Å². The molecule has 9 heteroatoms. The maximum absolute atomic E-state index is 11.4. The summed E-state index contributed by atoms with van der Waals surface area (Å²) >= 11 is 0. The quantitative estimate of drug-likeness (QED) is 0.830. The van der Waals surface area contributed by atoms with Gasteiger partial charge in [0.2, 0.25) is 0 Å². The molecule has 0 spiro atoms. The van der Waals surface area contributed by atoms with Crippen molar-refractivity contribution >= 4 is 10.0 Å². The summed E-state index contributed by atoms with van der Waals surface area (Å²) in [5, 5.41) is 9.20. The molecule has 0 radical (unpaired) electrons. The number of aromatic nitrogens is 5. The monoisotopic (exact) mass is 312 g/mol. The van der Waals surface area contributed by atoms with Crippen molar-refractivity contribution in [2.45, 2.75) is 45.3 Å². The third-order valence-electron chi connectivity index (χ3n) is 2.99. The Morgan fingerprint density at radius 3 is 2.62 bits per heavy atom. The molecule has 0 aliphatic heterocycles. The van der Waals surface area contributed by atoms with Gasteiger partial charge in [-0.2, -0.15) is 5.10 Å². The van der Waals surface area contributed by atoms with Crippen LogP contribution in [0.5, 0.6) is 0 Å². The summed E-state index contributed by atoms with van der Waals surface area (Å²) in [5.41, 5.74) is 0. The first-order chi connectivity index (χ1) is 9.81. The number of primary sulfonamides is 1. The fourth-order valence-corrected chi connectivity index (χ4v) is 2.55. The zero-order valence-electron chi connectivity index (χ0n) is 12.4. The molecule has 0 aliphatic rings. The SMILES string of the molecule is CCc1nc(S(N)(=O)=O)cn1Cc1ncnn1CC(C)C. The van der Waals surface area contributed by atoms with E-state index in [4.69, 9.17) is 5.14 Å². The predicted molar refractivity (Wildman–Crippen MR) is 76.9 cm³/mol. The van der Waals surface area contributed by atoms with E-state index in [1.54, 1.807) is 4.57 Å². The van der Waals surface area contributed by atoms with Crippen LogP contribution >= 0.6 is 0 Å². The van der Waals surface area contributed by atoms with Gasteiger partial charge in [0.1, 0.15) is 18.0 Å². The van der Waals surface area contributed by atoms with Crippen molar-refractivity contribution in [2.75, 3.05) is 0 Å². The Bertz CT molecular complexity index is 716.